The summed E-state index contributed by atoms with van der Waals surface area (Å²) in [5.41, 5.74) is 7.37. The van der Waals surface area contributed by atoms with Gasteiger partial charge in [-0.1, -0.05) is 42.9 Å². The van der Waals surface area contributed by atoms with Gasteiger partial charge in [0.2, 0.25) is 0 Å². The number of hydrogen-bond donors (Lipinski definition) is 3. The van der Waals surface area contributed by atoms with Crippen LogP contribution in [0.5, 0.6) is 5.75 Å². The summed E-state index contributed by atoms with van der Waals surface area (Å²) in [7, 11) is 0. The van der Waals surface area contributed by atoms with Crippen molar-refractivity contribution >= 4 is 28.9 Å². The molecule has 5 rings (SSSR count). The summed E-state index contributed by atoms with van der Waals surface area (Å²) in [6.45, 7) is 3.97. The summed E-state index contributed by atoms with van der Waals surface area (Å²) >= 11 is 0. The standard InChI is InChI=1S/C27H26FN7O5.U/c1-2-30-27(29)34-23-21-24(32-14-31-23)35(15-33-21)13-20-19(39-26(40-20)16-7-4-3-5-8-16)11-12-38-22-17(25(36)37)9-6-10-18(22)28;/h3-11,13-15,19-20,26H,2,12H2,1H3,(H,36,37)(H3,29,30,31,32,34);/q-2;+2/t19?,20?,26-;/m0./s1. The molecule has 4 N–H and O–H groups in total. The predicted molar refractivity (Wildman–Crippen MR) is 143 cm³/mol. The fourth-order valence-electron chi connectivity index (χ4n) is 4.14. The van der Waals surface area contributed by atoms with E-state index >= 15 is 0 Å². The molecule has 0 radical (unpaired) electrons. The van der Waals surface area contributed by atoms with Crippen molar-refractivity contribution < 1.29 is 59.6 Å². The minimum absolute atomic E-state index is 0. The molecule has 14 heteroatoms. The molecule has 2 aromatic carbocycles. The Morgan fingerprint density at radius 3 is 2.71 bits per heavy atom. The maximum atomic E-state index is 14.3. The van der Waals surface area contributed by atoms with Gasteiger partial charge in [-0.3, -0.25) is 16.4 Å². The van der Waals surface area contributed by atoms with E-state index in [0.29, 0.717) is 23.5 Å². The van der Waals surface area contributed by atoms with Crippen LogP contribution < -0.4 is 15.8 Å². The topological polar surface area (TPSA) is 159 Å². The normalized spacial score (nSPS) is 18.6. The Balaban J connectivity index is 0.00000387. The number of aliphatic imine (C=N–C) groups is 1. The molecule has 210 valence electrons. The molecule has 4 aromatic rings. The number of halogens is 1. The predicted octanol–water partition coefficient (Wildman–Crippen LogP) is 3.19. The van der Waals surface area contributed by atoms with Crippen LogP contribution in [0, 0.1) is 49.9 Å². The number of aromatic nitrogens is 4. The molecule has 1 aliphatic rings. The molecule has 3 atom stereocenters. The summed E-state index contributed by atoms with van der Waals surface area (Å²) in [6, 6.07) is 13.1. The number of para-hydroxylation sites is 1. The van der Waals surface area contributed by atoms with Crippen LogP contribution >= 0.6 is 0 Å². The number of guanidine groups is 1. The van der Waals surface area contributed by atoms with Crippen molar-refractivity contribution in [3.8, 4) is 5.75 Å². The summed E-state index contributed by atoms with van der Waals surface area (Å²) < 4.78 is 33.9. The summed E-state index contributed by atoms with van der Waals surface area (Å²) in [5.74, 6) is -1.83. The zero-order chi connectivity index (χ0) is 28.1. The van der Waals surface area contributed by atoms with Crippen molar-refractivity contribution in [1.29, 1.82) is 0 Å². The number of rotatable bonds is 10. The van der Waals surface area contributed by atoms with Gasteiger partial charge in [-0.05, 0) is 38.1 Å². The molecule has 3 heterocycles. The molecule has 0 bridgehead atoms. The third kappa shape index (κ3) is 6.97. The molecule has 0 aliphatic carbocycles. The number of aromatic carboxylic acids is 1. The van der Waals surface area contributed by atoms with Crippen LogP contribution in [-0.4, -0.2) is 61.9 Å². The molecule has 1 saturated heterocycles. The van der Waals surface area contributed by atoms with Gasteiger partial charge in [0.1, 0.15) is 17.7 Å². The number of carbonyl (C=O) groups is 1. The molecule has 41 heavy (non-hydrogen) atoms. The monoisotopic (exact) mass is 785 g/mol. The van der Waals surface area contributed by atoms with Crippen LogP contribution in [0.25, 0.3) is 11.2 Å². The third-order valence-corrected chi connectivity index (χ3v) is 5.95. The molecule has 1 aliphatic heterocycles. The minimum atomic E-state index is -1.30. The molecular formula is C27H26FN7O5U. The largest absolute Gasteiger partial charge is 2.00 e. The average molecular weight is 786 g/mol. The first-order chi connectivity index (χ1) is 19.4. The smallest absolute Gasteiger partial charge is 0.522 e. The second-order valence-corrected chi connectivity index (χ2v) is 8.59. The maximum absolute atomic E-state index is 14.3. The number of fused-ring (bicyclic) bond motifs is 1. The van der Waals surface area contributed by atoms with Crippen molar-refractivity contribution in [2.24, 2.45) is 10.7 Å². The van der Waals surface area contributed by atoms with Crippen LogP contribution in [0.3, 0.4) is 0 Å². The van der Waals surface area contributed by atoms with Gasteiger partial charge in [0, 0.05) is 18.2 Å². The first-order valence-corrected chi connectivity index (χ1v) is 12.4. The van der Waals surface area contributed by atoms with Crippen LogP contribution in [0.2, 0.25) is 0 Å². The molecule has 0 amide bonds. The van der Waals surface area contributed by atoms with E-state index in [9.17, 15) is 14.3 Å². The van der Waals surface area contributed by atoms with Crippen LogP contribution in [0.15, 0.2) is 66.2 Å². The zero-order valence-corrected chi connectivity index (χ0v) is 26.0. The van der Waals surface area contributed by atoms with E-state index in [-0.39, 0.29) is 55.0 Å². The fourth-order valence-corrected chi connectivity index (χ4v) is 4.14. The Bertz CT molecular complexity index is 1520. The van der Waals surface area contributed by atoms with Crippen molar-refractivity contribution in [3.63, 3.8) is 0 Å². The summed E-state index contributed by atoms with van der Waals surface area (Å²) in [5, 5.41) is 12.3. The zero-order valence-electron chi connectivity index (χ0n) is 21.8. The van der Waals surface area contributed by atoms with Crippen molar-refractivity contribution in [3.05, 3.63) is 91.1 Å². The van der Waals surface area contributed by atoms with Gasteiger partial charge in [0.15, 0.2) is 23.8 Å². The van der Waals surface area contributed by atoms with E-state index in [1.807, 2.05) is 37.3 Å². The number of anilines is 1. The Morgan fingerprint density at radius 1 is 1.17 bits per heavy atom. The van der Waals surface area contributed by atoms with Gasteiger partial charge in [0.25, 0.3) is 0 Å². The Morgan fingerprint density at radius 2 is 1.95 bits per heavy atom. The van der Waals surface area contributed by atoms with Crippen molar-refractivity contribution in [1.82, 2.24) is 19.5 Å². The van der Waals surface area contributed by atoms with Gasteiger partial charge in [0.05, 0.1) is 11.2 Å². The van der Waals surface area contributed by atoms with E-state index in [1.165, 1.54) is 18.5 Å². The van der Waals surface area contributed by atoms with Crippen molar-refractivity contribution in [2.45, 2.75) is 25.4 Å². The Hall–Kier alpha value is -3.70. The van der Waals surface area contributed by atoms with Crippen LogP contribution in [0.1, 0.15) is 29.1 Å². The second kappa shape index (κ2) is 13.8. The van der Waals surface area contributed by atoms with E-state index in [0.717, 1.165) is 11.6 Å². The first kappa shape index (κ1) is 30.3. The number of benzene rings is 2. The van der Waals surface area contributed by atoms with Crippen molar-refractivity contribution in [2.75, 3.05) is 18.5 Å². The number of ether oxygens (including phenoxy) is 3. The van der Waals surface area contributed by atoms with Crippen LogP contribution in [0.4, 0.5) is 10.2 Å². The summed E-state index contributed by atoms with van der Waals surface area (Å²) in [4.78, 5) is 28.6. The quantitative estimate of drug-likeness (QED) is 0.124. The molecule has 1 fully saturated rings. The van der Waals surface area contributed by atoms with Gasteiger partial charge in [-0.25, -0.2) is 14.2 Å². The number of imidazole rings is 1. The third-order valence-electron chi connectivity index (χ3n) is 5.95. The molecule has 2 unspecified atom stereocenters. The van der Waals surface area contributed by atoms with Gasteiger partial charge >= 0.3 is 37.1 Å². The maximum Gasteiger partial charge on any atom is 2.00 e. The molecular weight excluding hydrogens is 759 g/mol. The molecule has 0 saturated carbocycles. The second-order valence-electron chi connectivity index (χ2n) is 8.59. The average Bonchev–Trinajstić information content (AvgIpc) is 3.55. The SMILES string of the molecule is CCN=C(N)Nc1ncnc2c1ncn2[CH-]C1O[C@@H](c2ccccc2)OC1[CH-]COc1c(F)cccc1C(=O)O.[U+2]. The van der Waals surface area contributed by atoms with Gasteiger partial charge in [-0.2, -0.15) is 0 Å². The van der Waals surface area contributed by atoms with Crippen LogP contribution in [-0.2, 0) is 9.47 Å². The number of hydrogen-bond acceptors (Lipinski definition) is 8. The van der Waals surface area contributed by atoms with Gasteiger partial charge < -0.3 is 39.9 Å². The van der Waals surface area contributed by atoms with E-state index < -0.39 is 30.3 Å². The Labute approximate surface area is 258 Å². The van der Waals surface area contributed by atoms with E-state index in [2.05, 4.69) is 25.3 Å². The molecule has 2 aromatic heterocycles. The minimum Gasteiger partial charge on any atom is -0.522 e. The summed E-state index contributed by atoms with van der Waals surface area (Å²) in [6.07, 6.45) is 2.60. The number of carboxylic acids is 1. The molecule has 12 nitrogen and oxygen atoms in total. The number of carboxylic acid groups (broad SMARTS) is 1. The molecule has 0 spiro atoms. The number of nitrogens with two attached hydrogens (primary N) is 1. The Kier molecular flexibility index (Phi) is 10.2. The number of nitrogens with one attached hydrogen (secondary N) is 1. The van der Waals surface area contributed by atoms with E-state index in [1.54, 1.807) is 23.9 Å². The number of nitrogens with zero attached hydrogens (tertiary/aromatic N) is 5. The van der Waals surface area contributed by atoms with E-state index in [4.69, 9.17) is 19.9 Å². The fraction of sp³-hybridized carbons (Fsp3) is 0.222. The first-order valence-electron chi connectivity index (χ1n) is 12.4. The van der Waals surface area contributed by atoms with Gasteiger partial charge in [-0.15, -0.1) is 0 Å².